The minimum Gasteiger partial charge on any atom is -0.310 e. The second-order valence-corrected chi connectivity index (χ2v) is 6.76. The molecule has 1 aromatic heterocycles. The van der Waals surface area contributed by atoms with Crippen LogP contribution in [0.2, 0.25) is 8.67 Å². The maximum atomic E-state index is 6.28. The molecule has 0 saturated carbocycles. The van der Waals surface area contributed by atoms with E-state index in [2.05, 4.69) is 36.5 Å². The largest absolute Gasteiger partial charge is 0.310 e. The quantitative estimate of drug-likeness (QED) is 0.759. The SMILES string of the molecule is CCCNC(Cc1ccccc1)c1cc(Cl)sc1Cl. The van der Waals surface area contributed by atoms with Gasteiger partial charge >= 0.3 is 0 Å². The van der Waals surface area contributed by atoms with Crippen LogP contribution in [-0.4, -0.2) is 6.54 Å². The number of hydrogen-bond acceptors (Lipinski definition) is 2. The summed E-state index contributed by atoms with van der Waals surface area (Å²) in [5.41, 5.74) is 2.41. The predicted octanol–water partition coefficient (Wildman–Crippen LogP) is 5.34. The first kappa shape index (κ1) is 14.9. The zero-order valence-corrected chi connectivity index (χ0v) is 13.2. The molecule has 1 atom stereocenters. The highest BCUT2D eigenvalue weighted by Crippen LogP contribution is 2.36. The first-order valence-corrected chi connectivity index (χ1v) is 8.00. The Morgan fingerprint density at radius 1 is 1.21 bits per heavy atom. The number of nitrogens with one attached hydrogen (secondary N) is 1. The van der Waals surface area contributed by atoms with Gasteiger partial charge in [-0.2, -0.15) is 0 Å². The van der Waals surface area contributed by atoms with Crippen LogP contribution in [-0.2, 0) is 6.42 Å². The summed E-state index contributed by atoms with van der Waals surface area (Å²) < 4.78 is 1.53. The molecule has 1 aromatic carbocycles. The van der Waals surface area contributed by atoms with Crippen molar-refractivity contribution in [1.82, 2.24) is 5.32 Å². The molecule has 4 heteroatoms. The number of halogens is 2. The van der Waals surface area contributed by atoms with Gasteiger partial charge in [0.25, 0.3) is 0 Å². The lowest BCUT2D eigenvalue weighted by Crippen LogP contribution is -2.23. The topological polar surface area (TPSA) is 12.0 Å². The van der Waals surface area contributed by atoms with E-state index in [9.17, 15) is 0 Å². The molecule has 0 aliphatic heterocycles. The van der Waals surface area contributed by atoms with Crippen molar-refractivity contribution in [3.63, 3.8) is 0 Å². The van der Waals surface area contributed by atoms with Gasteiger partial charge in [-0.25, -0.2) is 0 Å². The molecule has 0 aliphatic rings. The zero-order chi connectivity index (χ0) is 13.7. The molecule has 2 aromatic rings. The van der Waals surface area contributed by atoms with Gasteiger partial charge < -0.3 is 5.32 Å². The molecule has 1 nitrogen and oxygen atoms in total. The maximum Gasteiger partial charge on any atom is 0.0992 e. The highest BCUT2D eigenvalue weighted by atomic mass is 35.5. The van der Waals surface area contributed by atoms with Gasteiger partial charge in [0.05, 0.1) is 8.67 Å². The second kappa shape index (κ2) is 7.30. The standard InChI is InChI=1S/C15H17Cl2NS/c1-2-8-18-13(9-11-6-4-3-5-7-11)12-10-14(16)19-15(12)17/h3-7,10,13,18H,2,8-9H2,1H3. The molecule has 102 valence electrons. The summed E-state index contributed by atoms with van der Waals surface area (Å²) in [6.45, 7) is 3.13. The minimum absolute atomic E-state index is 0.221. The van der Waals surface area contributed by atoms with Crippen molar-refractivity contribution in [2.45, 2.75) is 25.8 Å². The van der Waals surface area contributed by atoms with Crippen LogP contribution in [0.4, 0.5) is 0 Å². The molecule has 1 unspecified atom stereocenters. The van der Waals surface area contributed by atoms with E-state index in [-0.39, 0.29) is 6.04 Å². The summed E-state index contributed by atoms with van der Waals surface area (Å²) in [4.78, 5) is 0. The van der Waals surface area contributed by atoms with Crippen molar-refractivity contribution in [2.75, 3.05) is 6.54 Å². The maximum absolute atomic E-state index is 6.28. The highest BCUT2D eigenvalue weighted by Gasteiger charge is 2.17. The van der Waals surface area contributed by atoms with Crippen LogP contribution in [0.25, 0.3) is 0 Å². The van der Waals surface area contributed by atoms with E-state index in [1.807, 2.05) is 12.1 Å². The lowest BCUT2D eigenvalue weighted by molar-refractivity contribution is 0.531. The van der Waals surface area contributed by atoms with E-state index < -0.39 is 0 Å². The fraction of sp³-hybridized carbons (Fsp3) is 0.333. The van der Waals surface area contributed by atoms with E-state index in [0.29, 0.717) is 0 Å². The Balaban J connectivity index is 2.18. The summed E-state index contributed by atoms with van der Waals surface area (Å²) in [6.07, 6.45) is 2.02. The van der Waals surface area contributed by atoms with Crippen LogP contribution in [0, 0.1) is 0 Å². The Hall–Kier alpha value is -0.540. The number of rotatable bonds is 6. The van der Waals surface area contributed by atoms with Crippen molar-refractivity contribution in [2.24, 2.45) is 0 Å². The van der Waals surface area contributed by atoms with Crippen molar-refractivity contribution in [3.05, 3.63) is 56.2 Å². The monoisotopic (exact) mass is 313 g/mol. The highest BCUT2D eigenvalue weighted by molar-refractivity contribution is 7.20. The molecule has 0 amide bonds. The van der Waals surface area contributed by atoms with Gasteiger partial charge in [-0.1, -0.05) is 60.5 Å². The second-order valence-electron chi connectivity index (χ2n) is 4.48. The Morgan fingerprint density at radius 3 is 2.53 bits per heavy atom. The number of thiophene rings is 1. The minimum atomic E-state index is 0.221. The third-order valence-corrected chi connectivity index (χ3v) is 4.50. The average Bonchev–Trinajstić information content (AvgIpc) is 2.75. The number of hydrogen-bond donors (Lipinski definition) is 1. The van der Waals surface area contributed by atoms with Gasteiger partial charge in [0.2, 0.25) is 0 Å². The van der Waals surface area contributed by atoms with Crippen LogP contribution in [0.1, 0.15) is 30.5 Å². The fourth-order valence-electron chi connectivity index (χ4n) is 2.05. The van der Waals surface area contributed by atoms with Gasteiger partial charge in [-0.05, 0) is 31.0 Å². The molecule has 0 bridgehead atoms. The normalized spacial score (nSPS) is 12.6. The molecular formula is C15H17Cl2NS. The molecule has 0 aliphatic carbocycles. The van der Waals surface area contributed by atoms with Crippen LogP contribution < -0.4 is 5.32 Å². The summed E-state index contributed by atoms with van der Waals surface area (Å²) in [5.74, 6) is 0. The summed E-state index contributed by atoms with van der Waals surface area (Å²) >= 11 is 13.8. The molecule has 19 heavy (non-hydrogen) atoms. The van der Waals surface area contributed by atoms with Crippen molar-refractivity contribution in [1.29, 1.82) is 0 Å². The van der Waals surface area contributed by atoms with Crippen LogP contribution in [0.5, 0.6) is 0 Å². The Kier molecular flexibility index (Phi) is 5.71. The van der Waals surface area contributed by atoms with Crippen molar-refractivity contribution < 1.29 is 0 Å². The lowest BCUT2D eigenvalue weighted by Gasteiger charge is -2.18. The van der Waals surface area contributed by atoms with Crippen LogP contribution in [0.3, 0.4) is 0 Å². The molecule has 1 N–H and O–H groups in total. The van der Waals surface area contributed by atoms with Crippen LogP contribution >= 0.6 is 34.5 Å². The Labute approximate surface area is 128 Å². The van der Waals surface area contributed by atoms with Crippen LogP contribution in [0.15, 0.2) is 36.4 Å². The van der Waals surface area contributed by atoms with Gasteiger partial charge in [-0.15, -0.1) is 11.3 Å². The van der Waals surface area contributed by atoms with Gasteiger partial charge in [0, 0.05) is 11.6 Å². The Bertz CT molecular complexity index is 510. The molecule has 2 rings (SSSR count). The first-order chi connectivity index (χ1) is 9.20. The average molecular weight is 314 g/mol. The molecule has 0 saturated heterocycles. The van der Waals surface area contributed by atoms with E-state index in [1.54, 1.807) is 0 Å². The summed E-state index contributed by atoms with van der Waals surface area (Å²) in [6, 6.07) is 12.6. The summed E-state index contributed by atoms with van der Waals surface area (Å²) in [7, 11) is 0. The smallest absolute Gasteiger partial charge is 0.0992 e. The third kappa shape index (κ3) is 4.22. The van der Waals surface area contributed by atoms with E-state index >= 15 is 0 Å². The predicted molar refractivity (Wildman–Crippen MR) is 85.5 cm³/mol. The summed E-state index contributed by atoms with van der Waals surface area (Å²) in [5, 5.41) is 3.55. The lowest BCUT2D eigenvalue weighted by atomic mass is 10.0. The van der Waals surface area contributed by atoms with Gasteiger partial charge in [0.15, 0.2) is 0 Å². The molecular weight excluding hydrogens is 297 g/mol. The molecule has 0 spiro atoms. The van der Waals surface area contributed by atoms with Crippen molar-refractivity contribution in [3.8, 4) is 0 Å². The van der Waals surface area contributed by atoms with E-state index in [0.717, 1.165) is 33.6 Å². The fourth-order valence-corrected chi connectivity index (χ4v) is 3.63. The Morgan fingerprint density at radius 2 is 1.95 bits per heavy atom. The van der Waals surface area contributed by atoms with E-state index in [1.165, 1.54) is 16.9 Å². The zero-order valence-electron chi connectivity index (χ0n) is 10.8. The first-order valence-electron chi connectivity index (χ1n) is 6.42. The molecule has 1 heterocycles. The molecule has 0 radical (unpaired) electrons. The van der Waals surface area contributed by atoms with E-state index in [4.69, 9.17) is 23.2 Å². The van der Waals surface area contributed by atoms with Gasteiger partial charge in [-0.3, -0.25) is 0 Å². The van der Waals surface area contributed by atoms with Gasteiger partial charge in [0.1, 0.15) is 0 Å². The van der Waals surface area contributed by atoms with Crippen molar-refractivity contribution >= 4 is 34.5 Å². The number of benzene rings is 1. The molecule has 0 fully saturated rings. The third-order valence-electron chi connectivity index (χ3n) is 2.98.